The van der Waals surface area contributed by atoms with E-state index in [1.54, 1.807) is 26.1 Å². The van der Waals surface area contributed by atoms with E-state index in [0.29, 0.717) is 25.0 Å². The number of carbonyl (C=O) groups is 3. The molecular weight excluding hydrogens is 294 g/mol. The molecule has 1 aliphatic heterocycles. The molecule has 1 saturated heterocycles. The molecule has 2 aliphatic rings. The Labute approximate surface area is 134 Å². The van der Waals surface area contributed by atoms with Crippen molar-refractivity contribution in [1.82, 2.24) is 4.90 Å². The van der Waals surface area contributed by atoms with Crippen molar-refractivity contribution >= 4 is 23.4 Å². The predicted molar refractivity (Wildman–Crippen MR) is 84.4 cm³/mol. The fourth-order valence-electron chi connectivity index (χ4n) is 3.30. The number of fused-ring (bicyclic) bond motifs is 1. The summed E-state index contributed by atoms with van der Waals surface area (Å²) >= 11 is 0. The molecule has 3 rings (SSSR count). The number of carbonyl (C=O) groups excluding carboxylic acids is 3. The first-order valence-corrected chi connectivity index (χ1v) is 7.81. The lowest BCUT2D eigenvalue weighted by molar-refractivity contribution is -0.138. The van der Waals surface area contributed by atoms with E-state index in [0.717, 1.165) is 11.1 Å². The van der Waals surface area contributed by atoms with Gasteiger partial charge in [0.15, 0.2) is 0 Å². The van der Waals surface area contributed by atoms with E-state index in [4.69, 9.17) is 4.74 Å². The second-order valence-corrected chi connectivity index (χ2v) is 5.92. The Morgan fingerprint density at radius 1 is 1.17 bits per heavy atom. The fraction of sp³-hybridized carbons (Fsp3) is 0.389. The van der Waals surface area contributed by atoms with Crippen molar-refractivity contribution in [3.8, 4) is 0 Å². The van der Waals surface area contributed by atoms with Gasteiger partial charge in [-0.2, -0.15) is 0 Å². The Morgan fingerprint density at radius 2 is 1.83 bits per heavy atom. The highest BCUT2D eigenvalue weighted by atomic mass is 16.5. The number of hydrogen-bond donors (Lipinski definition) is 0. The van der Waals surface area contributed by atoms with Gasteiger partial charge in [0.05, 0.1) is 24.0 Å². The minimum Gasteiger partial charge on any atom is -0.462 e. The average molecular weight is 313 g/mol. The summed E-state index contributed by atoms with van der Waals surface area (Å²) in [5, 5.41) is 0. The van der Waals surface area contributed by atoms with Crippen LogP contribution in [0.15, 0.2) is 30.3 Å². The highest BCUT2D eigenvalue weighted by molar-refractivity contribution is 6.06. The third kappa shape index (κ3) is 2.67. The minimum atomic E-state index is -0.338. The molecule has 5 heteroatoms. The first-order chi connectivity index (χ1) is 11.0. The molecule has 0 bridgehead atoms. The maximum absolute atomic E-state index is 12.2. The molecule has 1 aromatic carbocycles. The molecule has 120 valence electrons. The Morgan fingerprint density at radius 3 is 2.48 bits per heavy atom. The molecule has 2 unspecified atom stereocenters. The molecule has 0 spiro atoms. The average Bonchev–Trinajstić information content (AvgIpc) is 2.79. The largest absolute Gasteiger partial charge is 0.462 e. The maximum Gasteiger partial charge on any atom is 0.338 e. The molecule has 0 radical (unpaired) electrons. The van der Waals surface area contributed by atoms with Gasteiger partial charge in [-0.1, -0.05) is 18.2 Å². The van der Waals surface area contributed by atoms with Crippen LogP contribution in [0.4, 0.5) is 0 Å². The molecule has 1 fully saturated rings. The molecule has 0 N–H and O–H groups in total. The second-order valence-electron chi connectivity index (χ2n) is 5.92. The van der Waals surface area contributed by atoms with Gasteiger partial charge in [0, 0.05) is 7.05 Å². The van der Waals surface area contributed by atoms with Crippen molar-refractivity contribution in [2.45, 2.75) is 19.8 Å². The van der Waals surface area contributed by atoms with E-state index in [1.807, 2.05) is 18.2 Å². The molecule has 1 aliphatic carbocycles. The summed E-state index contributed by atoms with van der Waals surface area (Å²) < 4.78 is 4.97. The van der Waals surface area contributed by atoms with Crippen molar-refractivity contribution in [2.75, 3.05) is 13.7 Å². The SMILES string of the molecule is CCOC(=O)c1ccc(C2=CCC3C(=O)N(C)C(=O)C3C2)cc1. The molecule has 1 heterocycles. The smallest absolute Gasteiger partial charge is 0.338 e. The zero-order valence-electron chi connectivity index (χ0n) is 13.2. The van der Waals surface area contributed by atoms with Crippen molar-refractivity contribution in [2.24, 2.45) is 11.8 Å². The molecular formula is C18H19NO4. The number of allylic oxidation sites excluding steroid dienone is 2. The van der Waals surface area contributed by atoms with Crippen LogP contribution in [-0.2, 0) is 14.3 Å². The predicted octanol–water partition coefficient (Wildman–Crippen LogP) is 2.27. The lowest BCUT2D eigenvalue weighted by Gasteiger charge is -2.22. The summed E-state index contributed by atoms with van der Waals surface area (Å²) in [4.78, 5) is 37.1. The van der Waals surface area contributed by atoms with E-state index < -0.39 is 0 Å². The number of rotatable bonds is 3. The number of likely N-dealkylation sites (tertiary alicyclic amines) is 1. The highest BCUT2D eigenvalue weighted by Crippen LogP contribution is 2.40. The summed E-state index contributed by atoms with van der Waals surface area (Å²) in [7, 11) is 1.55. The van der Waals surface area contributed by atoms with Gasteiger partial charge in [0.25, 0.3) is 0 Å². The normalized spacial score (nSPS) is 23.6. The van der Waals surface area contributed by atoms with Crippen LogP contribution in [0.25, 0.3) is 5.57 Å². The van der Waals surface area contributed by atoms with Crippen LogP contribution in [-0.4, -0.2) is 36.3 Å². The topological polar surface area (TPSA) is 63.7 Å². The van der Waals surface area contributed by atoms with Gasteiger partial charge in [-0.05, 0) is 43.0 Å². The Kier molecular flexibility index (Phi) is 4.03. The second kappa shape index (κ2) is 5.99. The van der Waals surface area contributed by atoms with Crippen LogP contribution in [0, 0.1) is 11.8 Å². The van der Waals surface area contributed by atoms with Gasteiger partial charge >= 0.3 is 5.97 Å². The summed E-state index contributed by atoms with van der Waals surface area (Å²) in [6.45, 7) is 2.12. The summed E-state index contributed by atoms with van der Waals surface area (Å²) in [6.07, 6.45) is 3.19. The number of hydrogen-bond acceptors (Lipinski definition) is 4. The highest BCUT2D eigenvalue weighted by Gasteiger charge is 2.46. The van der Waals surface area contributed by atoms with Gasteiger partial charge < -0.3 is 4.74 Å². The Bertz CT molecular complexity index is 689. The molecule has 1 aromatic rings. The monoisotopic (exact) mass is 313 g/mol. The first-order valence-electron chi connectivity index (χ1n) is 7.81. The molecule has 5 nitrogen and oxygen atoms in total. The van der Waals surface area contributed by atoms with Gasteiger partial charge in [-0.25, -0.2) is 4.79 Å². The lowest BCUT2D eigenvalue weighted by atomic mass is 9.79. The standard InChI is InChI=1S/C18H19NO4/c1-3-23-18(22)12-6-4-11(5-7-12)13-8-9-14-15(10-13)17(21)19(2)16(14)20/h4-8,14-15H,3,9-10H2,1-2H3. The summed E-state index contributed by atoms with van der Waals surface area (Å²) in [6, 6.07) is 7.19. The van der Waals surface area contributed by atoms with Crippen molar-refractivity contribution in [3.63, 3.8) is 0 Å². The molecule has 23 heavy (non-hydrogen) atoms. The lowest BCUT2D eigenvalue weighted by Crippen LogP contribution is -2.26. The quantitative estimate of drug-likeness (QED) is 0.634. The Hall–Kier alpha value is -2.43. The minimum absolute atomic E-state index is 0.0760. The summed E-state index contributed by atoms with van der Waals surface area (Å²) in [5.74, 6) is -0.969. The summed E-state index contributed by atoms with van der Waals surface area (Å²) in [5.41, 5.74) is 2.54. The van der Waals surface area contributed by atoms with E-state index in [2.05, 4.69) is 0 Å². The van der Waals surface area contributed by atoms with Crippen LogP contribution < -0.4 is 0 Å². The number of nitrogens with zero attached hydrogens (tertiary/aromatic N) is 1. The maximum atomic E-state index is 12.2. The van der Waals surface area contributed by atoms with Crippen LogP contribution in [0.1, 0.15) is 35.7 Å². The third-order valence-corrected chi connectivity index (χ3v) is 4.61. The number of ether oxygens (including phenoxy) is 1. The molecule has 0 saturated carbocycles. The van der Waals surface area contributed by atoms with Crippen LogP contribution in [0.3, 0.4) is 0 Å². The van der Waals surface area contributed by atoms with Crippen LogP contribution >= 0.6 is 0 Å². The molecule has 0 aromatic heterocycles. The molecule has 2 atom stereocenters. The van der Waals surface area contributed by atoms with Crippen molar-refractivity contribution < 1.29 is 19.1 Å². The van der Waals surface area contributed by atoms with Crippen molar-refractivity contribution in [3.05, 3.63) is 41.5 Å². The zero-order chi connectivity index (χ0) is 16.6. The van der Waals surface area contributed by atoms with Gasteiger partial charge in [0.1, 0.15) is 0 Å². The van der Waals surface area contributed by atoms with Crippen LogP contribution in [0.5, 0.6) is 0 Å². The first kappa shape index (κ1) is 15.5. The number of imide groups is 1. The van der Waals surface area contributed by atoms with E-state index in [-0.39, 0.29) is 29.6 Å². The number of amides is 2. The van der Waals surface area contributed by atoms with Crippen LogP contribution in [0.2, 0.25) is 0 Å². The van der Waals surface area contributed by atoms with Gasteiger partial charge in [-0.15, -0.1) is 0 Å². The van der Waals surface area contributed by atoms with Crippen molar-refractivity contribution in [1.29, 1.82) is 0 Å². The van der Waals surface area contributed by atoms with Gasteiger partial charge in [0.2, 0.25) is 11.8 Å². The zero-order valence-corrected chi connectivity index (χ0v) is 13.2. The Balaban J connectivity index is 1.78. The fourth-order valence-corrected chi connectivity index (χ4v) is 3.30. The number of esters is 1. The van der Waals surface area contributed by atoms with E-state index in [9.17, 15) is 14.4 Å². The molecule has 2 amide bonds. The van der Waals surface area contributed by atoms with Gasteiger partial charge in [-0.3, -0.25) is 14.5 Å². The van der Waals surface area contributed by atoms with E-state index >= 15 is 0 Å². The van der Waals surface area contributed by atoms with E-state index in [1.165, 1.54) is 4.90 Å². The third-order valence-electron chi connectivity index (χ3n) is 4.61. The number of benzene rings is 1.